The van der Waals surface area contributed by atoms with Crippen molar-refractivity contribution >= 4 is 17.7 Å². The number of hydrogen-bond acceptors (Lipinski definition) is 6. The fourth-order valence-corrected chi connectivity index (χ4v) is 6.40. The number of rotatable bonds is 23. The Kier molecular flexibility index (Phi) is 18.2. The predicted molar refractivity (Wildman–Crippen MR) is 205 cm³/mol. The Bertz CT molecular complexity index is 1440. The zero-order valence-corrected chi connectivity index (χ0v) is 31.5. The average Bonchev–Trinajstić information content (AvgIpc) is 3.11. The van der Waals surface area contributed by atoms with Crippen LogP contribution in [0.15, 0.2) is 72.8 Å². The van der Waals surface area contributed by atoms with Crippen molar-refractivity contribution in [3.63, 3.8) is 0 Å². The Morgan fingerprint density at radius 3 is 1.69 bits per heavy atom. The summed E-state index contributed by atoms with van der Waals surface area (Å²) >= 11 is 0. The van der Waals surface area contributed by atoms with E-state index >= 15 is 0 Å². The van der Waals surface area contributed by atoms with Crippen LogP contribution < -0.4 is 15.4 Å². The van der Waals surface area contributed by atoms with Crippen molar-refractivity contribution in [3.05, 3.63) is 101 Å². The number of carbonyl (C=O) groups is 3. The summed E-state index contributed by atoms with van der Waals surface area (Å²) < 4.78 is 5.33. The maximum absolute atomic E-state index is 13.7. The molecule has 9 nitrogen and oxygen atoms in total. The van der Waals surface area contributed by atoms with Crippen LogP contribution in [-0.4, -0.2) is 84.6 Å². The summed E-state index contributed by atoms with van der Waals surface area (Å²) in [6.45, 7) is 11.9. The molecule has 0 spiro atoms. The van der Waals surface area contributed by atoms with Crippen molar-refractivity contribution < 1.29 is 24.2 Å². The Morgan fingerprint density at radius 2 is 1.18 bits per heavy atom. The van der Waals surface area contributed by atoms with E-state index in [1.165, 1.54) is 0 Å². The summed E-state index contributed by atoms with van der Waals surface area (Å²) in [5.74, 6) is 0.622. The van der Waals surface area contributed by atoms with Crippen LogP contribution in [0.25, 0.3) is 0 Å². The maximum Gasteiger partial charge on any atom is 0.226 e. The van der Waals surface area contributed by atoms with Crippen LogP contribution in [0.2, 0.25) is 0 Å². The SMILES string of the molecule is CCCN(CCC)C(=O)Cc1cc(CC(=O)N[C@@H](Cc2ccccc2)[C@H](O)CNCc2cccc(OC)c2)cc(CC(=O)N(CCC)CCC)c1. The lowest BCUT2D eigenvalue weighted by Gasteiger charge is -2.25. The number of benzene rings is 3. The monoisotopic (exact) mass is 700 g/mol. The molecule has 0 aromatic heterocycles. The molecule has 3 aromatic rings. The molecular formula is C42H60N4O5. The summed E-state index contributed by atoms with van der Waals surface area (Å²) in [5, 5.41) is 17.8. The zero-order chi connectivity index (χ0) is 37.0. The molecule has 0 fully saturated rings. The fourth-order valence-electron chi connectivity index (χ4n) is 6.40. The zero-order valence-electron chi connectivity index (χ0n) is 31.5. The first-order valence-electron chi connectivity index (χ1n) is 18.7. The van der Waals surface area contributed by atoms with Gasteiger partial charge in [-0.15, -0.1) is 0 Å². The summed E-state index contributed by atoms with van der Waals surface area (Å²) in [5.41, 5.74) is 4.36. The largest absolute Gasteiger partial charge is 0.497 e. The van der Waals surface area contributed by atoms with Gasteiger partial charge in [-0.1, -0.05) is 88.4 Å². The molecule has 51 heavy (non-hydrogen) atoms. The quantitative estimate of drug-likeness (QED) is 0.121. The lowest BCUT2D eigenvalue weighted by atomic mass is 9.97. The molecule has 3 N–H and O–H groups in total. The van der Waals surface area contributed by atoms with Crippen LogP contribution >= 0.6 is 0 Å². The first kappa shape index (κ1) is 41.2. The molecule has 3 rings (SSSR count). The molecule has 2 atom stereocenters. The van der Waals surface area contributed by atoms with E-state index in [0.717, 1.165) is 59.3 Å². The third kappa shape index (κ3) is 14.5. The van der Waals surface area contributed by atoms with E-state index in [1.807, 2.05) is 82.6 Å². The Balaban J connectivity index is 1.81. The summed E-state index contributed by atoms with van der Waals surface area (Å²) in [4.78, 5) is 44.2. The van der Waals surface area contributed by atoms with Crippen LogP contribution in [-0.2, 0) is 46.6 Å². The number of aliphatic hydroxyl groups is 1. The van der Waals surface area contributed by atoms with E-state index in [1.54, 1.807) is 7.11 Å². The molecule has 0 bridgehead atoms. The normalized spacial score (nSPS) is 12.2. The lowest BCUT2D eigenvalue weighted by Crippen LogP contribution is -2.49. The highest BCUT2D eigenvalue weighted by Gasteiger charge is 2.23. The standard InChI is InChI=1S/C42H60N4O5/c1-6-18-45(19-7-2)41(49)28-35-22-34(23-36(24-35)29-42(50)46(20-8-3)21-9-4)27-40(48)44-38(26-32-14-11-10-12-15-32)39(47)31-43-30-33-16-13-17-37(25-33)51-5/h10-17,22-25,38-39,43,47H,6-9,18-21,26-31H2,1-5H3,(H,44,48)/t38-,39+/m0/s1. The van der Waals surface area contributed by atoms with Gasteiger partial charge in [0.15, 0.2) is 0 Å². The third-order valence-electron chi connectivity index (χ3n) is 8.79. The van der Waals surface area contributed by atoms with E-state index in [4.69, 9.17) is 4.74 Å². The minimum atomic E-state index is -0.858. The topological polar surface area (TPSA) is 111 Å². The highest BCUT2D eigenvalue weighted by molar-refractivity contribution is 5.82. The van der Waals surface area contributed by atoms with E-state index in [0.29, 0.717) is 39.1 Å². The number of nitrogens with zero attached hydrogens (tertiary/aromatic N) is 2. The Morgan fingerprint density at radius 1 is 0.667 bits per heavy atom. The number of ether oxygens (including phenoxy) is 1. The van der Waals surface area contributed by atoms with Gasteiger partial charge >= 0.3 is 0 Å². The van der Waals surface area contributed by atoms with Gasteiger partial charge in [-0.3, -0.25) is 14.4 Å². The minimum absolute atomic E-state index is 0.0451. The van der Waals surface area contributed by atoms with Crippen LogP contribution in [0, 0.1) is 0 Å². The summed E-state index contributed by atoms with van der Waals surface area (Å²) in [7, 11) is 1.63. The van der Waals surface area contributed by atoms with Crippen LogP contribution in [0.4, 0.5) is 0 Å². The summed E-state index contributed by atoms with van der Waals surface area (Å²) in [6, 6.07) is 22.8. The van der Waals surface area contributed by atoms with Crippen molar-refractivity contribution in [2.75, 3.05) is 39.8 Å². The minimum Gasteiger partial charge on any atom is -0.497 e. The highest BCUT2D eigenvalue weighted by atomic mass is 16.5. The van der Waals surface area contributed by atoms with Crippen molar-refractivity contribution in [1.29, 1.82) is 0 Å². The van der Waals surface area contributed by atoms with Crippen LogP contribution in [0.3, 0.4) is 0 Å². The Labute approximate surface area is 305 Å². The highest BCUT2D eigenvalue weighted by Crippen LogP contribution is 2.17. The smallest absolute Gasteiger partial charge is 0.226 e. The van der Waals surface area contributed by atoms with Crippen molar-refractivity contribution in [3.8, 4) is 5.75 Å². The number of nitrogens with one attached hydrogen (secondary N) is 2. The molecule has 0 radical (unpaired) electrons. The molecular weight excluding hydrogens is 640 g/mol. The van der Waals surface area contributed by atoms with Gasteiger partial charge in [-0.2, -0.15) is 0 Å². The number of aliphatic hydroxyl groups excluding tert-OH is 1. The molecule has 278 valence electrons. The second kappa shape index (κ2) is 22.6. The first-order chi connectivity index (χ1) is 24.7. The van der Waals surface area contributed by atoms with Gasteiger partial charge in [0.05, 0.1) is 38.5 Å². The number of methoxy groups -OCH3 is 1. The molecule has 9 heteroatoms. The lowest BCUT2D eigenvalue weighted by molar-refractivity contribution is -0.131. The number of amides is 3. The van der Waals surface area contributed by atoms with E-state index < -0.39 is 12.1 Å². The van der Waals surface area contributed by atoms with Gasteiger partial charge in [0.25, 0.3) is 0 Å². The van der Waals surface area contributed by atoms with E-state index in [2.05, 4.69) is 38.3 Å². The second-order valence-corrected chi connectivity index (χ2v) is 13.4. The molecule has 0 saturated carbocycles. The molecule has 0 aliphatic heterocycles. The fraction of sp³-hybridized carbons (Fsp3) is 0.500. The first-order valence-corrected chi connectivity index (χ1v) is 18.7. The van der Waals surface area contributed by atoms with Gasteiger partial charge in [-0.25, -0.2) is 0 Å². The van der Waals surface area contributed by atoms with E-state index in [9.17, 15) is 19.5 Å². The molecule has 0 heterocycles. The van der Waals surface area contributed by atoms with E-state index in [-0.39, 0.29) is 43.5 Å². The van der Waals surface area contributed by atoms with Crippen molar-refractivity contribution in [2.45, 2.75) is 97.8 Å². The Hall–Kier alpha value is -4.21. The predicted octanol–water partition coefficient (Wildman–Crippen LogP) is 5.50. The molecule has 0 saturated heterocycles. The maximum atomic E-state index is 13.7. The molecule has 3 amide bonds. The molecule has 0 unspecified atom stereocenters. The second-order valence-electron chi connectivity index (χ2n) is 13.4. The van der Waals surface area contributed by atoms with Crippen molar-refractivity contribution in [1.82, 2.24) is 20.4 Å². The van der Waals surface area contributed by atoms with Gasteiger partial charge in [-0.05, 0) is 72.1 Å². The molecule has 3 aromatic carbocycles. The number of hydrogen-bond donors (Lipinski definition) is 3. The molecule has 0 aliphatic carbocycles. The summed E-state index contributed by atoms with van der Waals surface area (Å²) in [6.07, 6.45) is 3.58. The van der Waals surface area contributed by atoms with Gasteiger partial charge in [0.1, 0.15) is 5.75 Å². The van der Waals surface area contributed by atoms with Crippen molar-refractivity contribution in [2.24, 2.45) is 0 Å². The third-order valence-corrected chi connectivity index (χ3v) is 8.79. The average molecular weight is 701 g/mol. The van der Waals surface area contributed by atoms with Crippen LogP contribution in [0.5, 0.6) is 5.75 Å². The van der Waals surface area contributed by atoms with Crippen LogP contribution in [0.1, 0.15) is 81.2 Å². The van der Waals surface area contributed by atoms with Gasteiger partial charge < -0.3 is 30.3 Å². The number of carbonyl (C=O) groups excluding carboxylic acids is 3. The van der Waals surface area contributed by atoms with Gasteiger partial charge in [0, 0.05) is 39.3 Å². The molecule has 0 aliphatic rings. The van der Waals surface area contributed by atoms with Gasteiger partial charge in [0.2, 0.25) is 17.7 Å².